The van der Waals surface area contributed by atoms with Crippen LogP contribution in [0.2, 0.25) is 0 Å². The Hall–Kier alpha value is -1.46. The van der Waals surface area contributed by atoms with Crippen molar-refractivity contribution in [3.63, 3.8) is 0 Å². The molecule has 0 radical (unpaired) electrons. The second kappa shape index (κ2) is 4.86. The van der Waals surface area contributed by atoms with Gasteiger partial charge in [0, 0.05) is 19.3 Å². The fourth-order valence-corrected chi connectivity index (χ4v) is 1.01. The van der Waals surface area contributed by atoms with Gasteiger partial charge in [0.05, 0.1) is 5.69 Å². The van der Waals surface area contributed by atoms with Crippen LogP contribution in [0, 0.1) is 0 Å². The largest absolute Gasteiger partial charge is 0.479 e. The fourth-order valence-electron chi connectivity index (χ4n) is 1.01. The standard InChI is InChI=1S/C10H14N2O3/c1-10(15,9(13)14)7-11-6-8-4-2-3-5-12-8/h2-5,11,15H,6-7H2,1H3,(H,13,14). The second-order valence-corrected chi connectivity index (χ2v) is 3.50. The van der Waals surface area contributed by atoms with Gasteiger partial charge < -0.3 is 15.5 Å². The Morgan fingerprint density at radius 2 is 2.33 bits per heavy atom. The number of pyridine rings is 1. The maximum atomic E-state index is 10.6. The number of nitrogens with one attached hydrogen (secondary N) is 1. The molecule has 15 heavy (non-hydrogen) atoms. The molecule has 1 aromatic rings. The Morgan fingerprint density at radius 3 is 2.87 bits per heavy atom. The Bertz CT molecular complexity index is 325. The molecule has 1 rings (SSSR count). The highest BCUT2D eigenvalue weighted by Gasteiger charge is 2.28. The molecule has 3 N–H and O–H groups in total. The van der Waals surface area contributed by atoms with Gasteiger partial charge >= 0.3 is 5.97 Å². The Labute approximate surface area is 87.8 Å². The van der Waals surface area contributed by atoms with Gasteiger partial charge in [0.25, 0.3) is 0 Å². The SMILES string of the molecule is CC(O)(CNCc1ccccn1)C(=O)O. The second-order valence-electron chi connectivity index (χ2n) is 3.50. The molecule has 5 heteroatoms. The fraction of sp³-hybridized carbons (Fsp3) is 0.400. The zero-order chi connectivity index (χ0) is 11.3. The van der Waals surface area contributed by atoms with Gasteiger partial charge in [0.2, 0.25) is 0 Å². The van der Waals surface area contributed by atoms with E-state index in [-0.39, 0.29) is 6.54 Å². The van der Waals surface area contributed by atoms with E-state index >= 15 is 0 Å². The molecule has 0 aliphatic carbocycles. The molecule has 5 nitrogen and oxygen atoms in total. The summed E-state index contributed by atoms with van der Waals surface area (Å²) in [6, 6.07) is 5.47. The van der Waals surface area contributed by atoms with Crippen LogP contribution in [0.3, 0.4) is 0 Å². The Balaban J connectivity index is 2.37. The first-order valence-electron chi connectivity index (χ1n) is 4.59. The van der Waals surface area contributed by atoms with Gasteiger partial charge in [-0.25, -0.2) is 4.79 Å². The summed E-state index contributed by atoms with van der Waals surface area (Å²) >= 11 is 0. The van der Waals surface area contributed by atoms with E-state index in [1.807, 2.05) is 12.1 Å². The van der Waals surface area contributed by atoms with Gasteiger partial charge in [-0.1, -0.05) is 6.07 Å². The average molecular weight is 210 g/mol. The van der Waals surface area contributed by atoms with E-state index in [1.165, 1.54) is 6.92 Å². The lowest BCUT2D eigenvalue weighted by Gasteiger charge is -2.18. The number of nitrogens with zero attached hydrogens (tertiary/aromatic N) is 1. The van der Waals surface area contributed by atoms with Crippen molar-refractivity contribution in [1.29, 1.82) is 0 Å². The van der Waals surface area contributed by atoms with Crippen LogP contribution in [-0.4, -0.2) is 33.3 Å². The van der Waals surface area contributed by atoms with Crippen LogP contribution < -0.4 is 5.32 Å². The third-order valence-electron chi connectivity index (χ3n) is 1.96. The van der Waals surface area contributed by atoms with Crippen molar-refractivity contribution in [3.8, 4) is 0 Å². The van der Waals surface area contributed by atoms with Crippen LogP contribution in [-0.2, 0) is 11.3 Å². The third-order valence-corrected chi connectivity index (χ3v) is 1.96. The molecule has 0 saturated carbocycles. The summed E-state index contributed by atoms with van der Waals surface area (Å²) in [5, 5.41) is 20.9. The lowest BCUT2D eigenvalue weighted by molar-refractivity contribution is -0.156. The molecular weight excluding hydrogens is 196 g/mol. The molecule has 0 spiro atoms. The first-order chi connectivity index (χ1) is 7.02. The van der Waals surface area contributed by atoms with Gasteiger partial charge in [-0.3, -0.25) is 4.98 Å². The molecule has 0 aromatic carbocycles. The topological polar surface area (TPSA) is 82.5 Å². The van der Waals surface area contributed by atoms with E-state index in [4.69, 9.17) is 5.11 Å². The van der Waals surface area contributed by atoms with Crippen LogP contribution in [0.25, 0.3) is 0 Å². The first-order valence-corrected chi connectivity index (χ1v) is 4.59. The highest BCUT2D eigenvalue weighted by molar-refractivity contribution is 5.76. The molecule has 0 saturated heterocycles. The lowest BCUT2D eigenvalue weighted by Crippen LogP contribution is -2.44. The van der Waals surface area contributed by atoms with Crippen LogP contribution >= 0.6 is 0 Å². The van der Waals surface area contributed by atoms with Crippen molar-refractivity contribution in [1.82, 2.24) is 10.3 Å². The molecule has 0 fully saturated rings. The smallest absolute Gasteiger partial charge is 0.336 e. The summed E-state index contributed by atoms with van der Waals surface area (Å²) in [5.41, 5.74) is -0.937. The number of carboxylic acid groups (broad SMARTS) is 1. The van der Waals surface area contributed by atoms with E-state index in [0.717, 1.165) is 5.69 Å². The van der Waals surface area contributed by atoms with Crippen molar-refractivity contribution < 1.29 is 15.0 Å². The van der Waals surface area contributed by atoms with Gasteiger partial charge in [0.15, 0.2) is 5.60 Å². The maximum Gasteiger partial charge on any atom is 0.336 e. The molecular formula is C10H14N2O3. The van der Waals surface area contributed by atoms with Gasteiger partial charge in [0.1, 0.15) is 0 Å². The van der Waals surface area contributed by atoms with Crippen molar-refractivity contribution in [3.05, 3.63) is 30.1 Å². The summed E-state index contributed by atoms with van der Waals surface area (Å²) in [5.74, 6) is -1.24. The number of aliphatic hydroxyl groups is 1. The van der Waals surface area contributed by atoms with Crippen LogP contribution in [0.4, 0.5) is 0 Å². The minimum absolute atomic E-state index is 0.0150. The van der Waals surface area contributed by atoms with E-state index in [2.05, 4.69) is 10.3 Å². The zero-order valence-corrected chi connectivity index (χ0v) is 8.47. The molecule has 0 aliphatic heterocycles. The molecule has 0 bridgehead atoms. The molecule has 0 amide bonds. The van der Waals surface area contributed by atoms with E-state index in [0.29, 0.717) is 6.54 Å². The monoisotopic (exact) mass is 210 g/mol. The highest BCUT2D eigenvalue weighted by Crippen LogP contribution is 2.01. The molecule has 1 unspecified atom stereocenters. The summed E-state index contributed by atoms with van der Waals surface area (Å²) in [6.07, 6.45) is 1.66. The number of hydrogen-bond acceptors (Lipinski definition) is 4. The number of carbonyl (C=O) groups is 1. The number of aliphatic carboxylic acids is 1. The molecule has 0 aliphatic rings. The predicted octanol–water partition coefficient (Wildman–Crippen LogP) is 0.00680. The van der Waals surface area contributed by atoms with Crippen molar-refractivity contribution in [2.75, 3.05) is 6.54 Å². The number of rotatable bonds is 5. The van der Waals surface area contributed by atoms with Crippen molar-refractivity contribution in [2.45, 2.75) is 19.1 Å². The third kappa shape index (κ3) is 3.65. The van der Waals surface area contributed by atoms with E-state index in [1.54, 1.807) is 12.3 Å². The normalized spacial score (nSPS) is 14.5. The zero-order valence-electron chi connectivity index (χ0n) is 8.47. The van der Waals surface area contributed by atoms with Crippen LogP contribution in [0.15, 0.2) is 24.4 Å². The average Bonchev–Trinajstić information content (AvgIpc) is 2.19. The molecule has 1 atom stereocenters. The molecule has 1 aromatic heterocycles. The van der Waals surface area contributed by atoms with Gasteiger partial charge in [-0.05, 0) is 19.1 Å². The summed E-state index contributed by atoms with van der Waals surface area (Å²) in [7, 11) is 0. The molecule has 82 valence electrons. The quantitative estimate of drug-likeness (QED) is 0.637. The van der Waals surface area contributed by atoms with E-state index < -0.39 is 11.6 Å². The number of hydrogen-bond donors (Lipinski definition) is 3. The molecule has 1 heterocycles. The van der Waals surface area contributed by atoms with E-state index in [9.17, 15) is 9.90 Å². The minimum Gasteiger partial charge on any atom is -0.479 e. The lowest BCUT2D eigenvalue weighted by atomic mass is 10.1. The summed E-state index contributed by atoms with van der Waals surface area (Å²) < 4.78 is 0. The minimum atomic E-state index is -1.74. The van der Waals surface area contributed by atoms with Crippen LogP contribution in [0.1, 0.15) is 12.6 Å². The first kappa shape index (κ1) is 11.6. The van der Waals surface area contributed by atoms with Crippen molar-refractivity contribution >= 4 is 5.97 Å². The summed E-state index contributed by atoms with van der Waals surface area (Å²) in [4.78, 5) is 14.6. The predicted molar refractivity (Wildman–Crippen MR) is 54.2 cm³/mol. The van der Waals surface area contributed by atoms with Gasteiger partial charge in [-0.2, -0.15) is 0 Å². The summed E-state index contributed by atoms with van der Waals surface area (Å²) in [6.45, 7) is 1.67. The van der Waals surface area contributed by atoms with Crippen LogP contribution in [0.5, 0.6) is 0 Å². The Kier molecular flexibility index (Phi) is 3.76. The Morgan fingerprint density at radius 1 is 1.60 bits per heavy atom. The van der Waals surface area contributed by atoms with Gasteiger partial charge in [-0.15, -0.1) is 0 Å². The maximum absolute atomic E-state index is 10.6. The van der Waals surface area contributed by atoms with Crippen molar-refractivity contribution in [2.24, 2.45) is 0 Å². The highest BCUT2D eigenvalue weighted by atomic mass is 16.4. The number of carboxylic acids is 1. The number of aromatic nitrogens is 1.